The summed E-state index contributed by atoms with van der Waals surface area (Å²) in [5, 5.41) is 4.45. The van der Waals surface area contributed by atoms with Gasteiger partial charge in [-0.15, -0.1) is 0 Å². The Morgan fingerprint density at radius 1 is 0.974 bits per heavy atom. The van der Waals surface area contributed by atoms with Crippen LogP contribution in [0.5, 0.6) is 5.75 Å². The van der Waals surface area contributed by atoms with Crippen LogP contribution >= 0.6 is 0 Å². The van der Waals surface area contributed by atoms with Crippen molar-refractivity contribution in [2.45, 2.75) is 6.92 Å². The molecule has 0 radical (unpaired) electrons. The lowest BCUT2D eigenvalue weighted by atomic mass is 10.0. The zero-order chi connectivity index (χ0) is 26.8. The molecule has 1 fully saturated rings. The summed E-state index contributed by atoms with van der Waals surface area (Å²) in [4.78, 5) is 20.6. The van der Waals surface area contributed by atoms with Crippen LogP contribution in [0.4, 0.5) is 21.6 Å². The minimum absolute atomic E-state index is 0.357. The van der Waals surface area contributed by atoms with Crippen LogP contribution in [0.25, 0.3) is 33.4 Å². The maximum atomic E-state index is 14.4. The molecule has 5 heterocycles. The average Bonchev–Trinajstić information content (AvgIpc) is 2.99. The summed E-state index contributed by atoms with van der Waals surface area (Å²) in [6, 6.07) is 14.2. The first-order chi connectivity index (χ1) is 19.1. The van der Waals surface area contributed by atoms with Crippen LogP contribution in [-0.4, -0.2) is 53.3 Å². The van der Waals surface area contributed by atoms with E-state index in [1.54, 1.807) is 31.8 Å². The number of benzene rings is 1. The summed E-state index contributed by atoms with van der Waals surface area (Å²) in [5.74, 6) is 0.969. The summed E-state index contributed by atoms with van der Waals surface area (Å²) in [7, 11) is 1.64. The van der Waals surface area contributed by atoms with E-state index < -0.39 is 0 Å². The lowest BCUT2D eigenvalue weighted by Crippen LogP contribution is -2.37. The fourth-order valence-corrected chi connectivity index (χ4v) is 4.91. The van der Waals surface area contributed by atoms with E-state index >= 15 is 0 Å². The number of hydrogen-bond acceptors (Lipinski definition) is 8. The van der Waals surface area contributed by atoms with Crippen molar-refractivity contribution < 1.29 is 13.9 Å². The number of nitrogens with zero attached hydrogens (tertiary/aromatic N) is 5. The van der Waals surface area contributed by atoms with Crippen molar-refractivity contribution in [2.75, 3.05) is 43.6 Å². The fraction of sp³-hybridized carbons (Fsp3) is 0.200. The third kappa shape index (κ3) is 4.72. The van der Waals surface area contributed by atoms with Crippen molar-refractivity contribution in [3.05, 3.63) is 84.7 Å². The minimum Gasteiger partial charge on any atom is -0.491 e. The number of aromatic nitrogens is 4. The van der Waals surface area contributed by atoms with Crippen molar-refractivity contribution >= 4 is 28.1 Å². The van der Waals surface area contributed by atoms with Crippen molar-refractivity contribution in [3.8, 4) is 28.3 Å². The standard InChI is InChI=1S/C30H27FN6O2/c1-19-26(22-9-8-21(31)16-25(22)35-27(19)24-7-3-4-11-33-24)36-28-23(20-6-5-10-32-17-20)18-34-30(29(28)38-2)37-12-14-39-15-13-37/h3-11,16-18H,12-15H2,1-2H3,(H,34,35,36). The lowest BCUT2D eigenvalue weighted by molar-refractivity contribution is 0.122. The molecule has 196 valence electrons. The Morgan fingerprint density at radius 2 is 1.85 bits per heavy atom. The Bertz CT molecular complexity index is 1630. The van der Waals surface area contributed by atoms with Crippen LogP contribution in [0, 0.1) is 12.7 Å². The number of methoxy groups -OCH3 is 1. The third-order valence-electron chi connectivity index (χ3n) is 6.85. The zero-order valence-corrected chi connectivity index (χ0v) is 21.7. The number of rotatable bonds is 6. The molecule has 1 N–H and O–H groups in total. The van der Waals surface area contributed by atoms with Gasteiger partial charge in [0.05, 0.1) is 48.6 Å². The minimum atomic E-state index is -0.357. The smallest absolute Gasteiger partial charge is 0.185 e. The zero-order valence-electron chi connectivity index (χ0n) is 21.7. The highest BCUT2D eigenvalue weighted by Gasteiger charge is 2.25. The molecular weight excluding hydrogens is 495 g/mol. The second kappa shape index (κ2) is 10.6. The van der Waals surface area contributed by atoms with Gasteiger partial charge in [-0.1, -0.05) is 12.1 Å². The summed E-state index contributed by atoms with van der Waals surface area (Å²) in [6.07, 6.45) is 7.09. The molecule has 5 aromatic rings. The van der Waals surface area contributed by atoms with Gasteiger partial charge in [-0.3, -0.25) is 9.97 Å². The molecule has 1 aromatic carbocycles. The summed E-state index contributed by atoms with van der Waals surface area (Å²) in [6.45, 7) is 4.63. The molecule has 0 spiro atoms. The number of halogens is 1. The van der Waals surface area contributed by atoms with E-state index in [0.29, 0.717) is 49.0 Å². The van der Waals surface area contributed by atoms with Gasteiger partial charge in [0, 0.05) is 66.0 Å². The Labute approximate surface area is 225 Å². The van der Waals surface area contributed by atoms with Crippen molar-refractivity contribution in [1.29, 1.82) is 0 Å². The normalized spacial score (nSPS) is 13.5. The highest BCUT2D eigenvalue weighted by atomic mass is 19.1. The second-order valence-corrected chi connectivity index (χ2v) is 9.21. The van der Waals surface area contributed by atoms with Gasteiger partial charge in [0.25, 0.3) is 0 Å². The van der Waals surface area contributed by atoms with E-state index in [4.69, 9.17) is 19.4 Å². The monoisotopic (exact) mass is 522 g/mol. The van der Waals surface area contributed by atoms with Crippen LogP contribution in [0.1, 0.15) is 5.56 Å². The van der Waals surface area contributed by atoms with Gasteiger partial charge in [-0.05, 0) is 37.3 Å². The van der Waals surface area contributed by atoms with Crippen LogP contribution in [0.15, 0.2) is 73.3 Å². The third-order valence-corrected chi connectivity index (χ3v) is 6.85. The SMILES string of the molecule is COc1c(N2CCOCC2)ncc(-c2cccnc2)c1Nc1c(C)c(-c2ccccn2)nc2cc(F)ccc12. The average molecular weight is 523 g/mol. The molecule has 0 aliphatic carbocycles. The van der Waals surface area contributed by atoms with E-state index in [1.807, 2.05) is 43.5 Å². The molecule has 39 heavy (non-hydrogen) atoms. The Hall–Kier alpha value is -4.63. The van der Waals surface area contributed by atoms with Gasteiger partial charge < -0.3 is 19.7 Å². The van der Waals surface area contributed by atoms with E-state index in [1.165, 1.54) is 12.1 Å². The van der Waals surface area contributed by atoms with E-state index in [2.05, 4.69) is 20.2 Å². The molecule has 9 heteroatoms. The molecule has 1 saturated heterocycles. The Kier molecular flexibility index (Phi) is 6.73. The van der Waals surface area contributed by atoms with Gasteiger partial charge >= 0.3 is 0 Å². The second-order valence-electron chi connectivity index (χ2n) is 9.21. The highest BCUT2D eigenvalue weighted by molar-refractivity contribution is 6.00. The first kappa shape index (κ1) is 24.7. The van der Waals surface area contributed by atoms with Crippen LogP contribution in [0.2, 0.25) is 0 Å². The van der Waals surface area contributed by atoms with Gasteiger partial charge in [0.15, 0.2) is 11.6 Å². The van der Waals surface area contributed by atoms with E-state index in [9.17, 15) is 4.39 Å². The number of hydrogen-bond donors (Lipinski definition) is 1. The summed E-state index contributed by atoms with van der Waals surface area (Å²) in [5.41, 5.74) is 5.98. The molecule has 0 amide bonds. The molecule has 8 nitrogen and oxygen atoms in total. The number of pyridine rings is 4. The van der Waals surface area contributed by atoms with Crippen molar-refractivity contribution in [1.82, 2.24) is 19.9 Å². The van der Waals surface area contributed by atoms with Gasteiger partial charge in [0.1, 0.15) is 5.82 Å². The maximum Gasteiger partial charge on any atom is 0.185 e. The maximum absolute atomic E-state index is 14.4. The number of ether oxygens (including phenoxy) is 2. The molecule has 4 aromatic heterocycles. The van der Waals surface area contributed by atoms with Crippen molar-refractivity contribution in [2.24, 2.45) is 0 Å². The molecule has 0 bridgehead atoms. The van der Waals surface area contributed by atoms with Crippen LogP contribution < -0.4 is 15.0 Å². The molecule has 0 saturated carbocycles. The predicted octanol–water partition coefficient (Wildman–Crippen LogP) is 5.79. The summed E-state index contributed by atoms with van der Waals surface area (Å²) >= 11 is 0. The van der Waals surface area contributed by atoms with Gasteiger partial charge in [-0.2, -0.15) is 0 Å². The van der Waals surface area contributed by atoms with Crippen LogP contribution in [-0.2, 0) is 4.74 Å². The fourth-order valence-electron chi connectivity index (χ4n) is 4.91. The molecule has 0 unspecified atom stereocenters. The Balaban J connectivity index is 1.60. The number of anilines is 3. The van der Waals surface area contributed by atoms with E-state index in [0.717, 1.165) is 39.3 Å². The lowest BCUT2D eigenvalue weighted by Gasteiger charge is -2.30. The molecular formula is C30H27FN6O2. The van der Waals surface area contributed by atoms with E-state index in [-0.39, 0.29) is 5.82 Å². The first-order valence-corrected chi connectivity index (χ1v) is 12.7. The molecule has 1 aliphatic heterocycles. The topological polar surface area (TPSA) is 85.3 Å². The predicted molar refractivity (Wildman–Crippen MR) is 150 cm³/mol. The number of morpholine rings is 1. The number of fused-ring (bicyclic) bond motifs is 1. The number of nitrogens with one attached hydrogen (secondary N) is 1. The largest absolute Gasteiger partial charge is 0.491 e. The highest BCUT2D eigenvalue weighted by Crippen LogP contribution is 2.45. The molecule has 0 atom stereocenters. The first-order valence-electron chi connectivity index (χ1n) is 12.7. The quantitative estimate of drug-likeness (QED) is 0.300. The van der Waals surface area contributed by atoms with Gasteiger partial charge in [-0.25, -0.2) is 14.4 Å². The Morgan fingerprint density at radius 3 is 2.59 bits per heavy atom. The molecule has 6 rings (SSSR count). The van der Waals surface area contributed by atoms with Crippen molar-refractivity contribution in [3.63, 3.8) is 0 Å². The summed E-state index contributed by atoms with van der Waals surface area (Å²) < 4.78 is 26.0. The van der Waals surface area contributed by atoms with Gasteiger partial charge in [0.2, 0.25) is 0 Å². The molecule has 1 aliphatic rings. The van der Waals surface area contributed by atoms with Crippen LogP contribution in [0.3, 0.4) is 0 Å².